The largest absolute Gasteiger partial charge is 0.379 e. The normalized spacial score (nSPS) is 30.4. The van der Waals surface area contributed by atoms with Crippen LogP contribution in [0.2, 0.25) is 0 Å². The molecular formula is C24H26FN5O4. The molecule has 0 amide bonds. The topological polar surface area (TPSA) is 92.6 Å². The highest BCUT2D eigenvalue weighted by Crippen LogP contribution is 2.44. The highest BCUT2D eigenvalue weighted by atomic mass is 19.1. The lowest BCUT2D eigenvalue weighted by atomic mass is 10.1. The number of nitrogens with zero attached hydrogens (tertiary/aromatic N) is 4. The lowest BCUT2D eigenvalue weighted by Crippen LogP contribution is -2.28. The molecule has 3 fully saturated rings. The van der Waals surface area contributed by atoms with Crippen LogP contribution in [-0.2, 0) is 18.9 Å². The molecule has 3 saturated heterocycles. The number of hydrogen-bond acceptors (Lipinski definition) is 8. The number of rotatable bonds is 5. The Kier molecular flexibility index (Phi) is 5.33. The van der Waals surface area contributed by atoms with Crippen molar-refractivity contribution in [2.24, 2.45) is 0 Å². The molecule has 6 rings (SSSR count). The van der Waals surface area contributed by atoms with Crippen LogP contribution in [0, 0.1) is 5.82 Å². The van der Waals surface area contributed by atoms with Crippen LogP contribution < -0.4 is 5.32 Å². The molecule has 0 saturated carbocycles. The van der Waals surface area contributed by atoms with E-state index in [0.717, 1.165) is 18.6 Å². The second-order valence-electron chi connectivity index (χ2n) is 9.22. The van der Waals surface area contributed by atoms with E-state index in [0.29, 0.717) is 23.6 Å². The first-order chi connectivity index (χ1) is 16.5. The number of hydrogen-bond donors (Lipinski definition) is 1. The third kappa shape index (κ3) is 3.96. The highest BCUT2D eigenvalue weighted by Gasteiger charge is 2.55. The summed E-state index contributed by atoms with van der Waals surface area (Å²) in [6, 6.07) is 6.49. The summed E-state index contributed by atoms with van der Waals surface area (Å²) in [6.07, 6.45) is 6.45. The van der Waals surface area contributed by atoms with Crippen molar-refractivity contribution >= 4 is 23.1 Å². The minimum atomic E-state index is -0.750. The maximum Gasteiger partial charge on any atom is 0.167 e. The molecule has 2 aromatic heterocycles. The number of benzene rings is 1. The van der Waals surface area contributed by atoms with Crippen molar-refractivity contribution in [3.8, 4) is 0 Å². The molecule has 34 heavy (non-hydrogen) atoms. The van der Waals surface area contributed by atoms with E-state index in [4.69, 9.17) is 18.9 Å². The van der Waals surface area contributed by atoms with Gasteiger partial charge in [0.05, 0.1) is 19.0 Å². The van der Waals surface area contributed by atoms with Crippen molar-refractivity contribution in [3.63, 3.8) is 0 Å². The summed E-state index contributed by atoms with van der Waals surface area (Å²) in [5, 5.41) is 3.41. The van der Waals surface area contributed by atoms with Gasteiger partial charge in [0.2, 0.25) is 0 Å². The average molecular weight is 468 g/mol. The lowest BCUT2D eigenvalue weighted by molar-refractivity contribution is -0.191. The molecule has 5 atom stereocenters. The van der Waals surface area contributed by atoms with Gasteiger partial charge in [-0.05, 0) is 38.0 Å². The van der Waals surface area contributed by atoms with E-state index < -0.39 is 12.0 Å². The number of imidazole rings is 1. The Balaban J connectivity index is 1.30. The van der Waals surface area contributed by atoms with Gasteiger partial charge in [-0.25, -0.2) is 19.3 Å². The minimum Gasteiger partial charge on any atom is -0.379 e. The second kappa shape index (κ2) is 8.38. The maximum atomic E-state index is 13.3. The van der Waals surface area contributed by atoms with Gasteiger partial charge in [-0.1, -0.05) is 24.3 Å². The first-order valence-corrected chi connectivity index (χ1v) is 11.4. The molecule has 1 N–H and O–H groups in total. The van der Waals surface area contributed by atoms with Gasteiger partial charge in [0.15, 0.2) is 29.0 Å². The van der Waals surface area contributed by atoms with E-state index >= 15 is 0 Å². The van der Waals surface area contributed by atoms with E-state index in [1.807, 2.05) is 30.6 Å². The Labute approximate surface area is 195 Å². The quantitative estimate of drug-likeness (QED) is 0.611. The molecule has 178 valence electrons. The SMILES string of the molecule is CC1(C)O[C@H]2[C@H](O1)[C@@H](C=Cc1ccc(F)cc1)O[C@H]2n1cnc2c(NC3CCOC3)ncnc21. The summed E-state index contributed by atoms with van der Waals surface area (Å²) in [5.74, 6) is -0.350. The summed E-state index contributed by atoms with van der Waals surface area (Å²) < 4.78 is 39.4. The molecule has 1 aromatic carbocycles. The maximum absolute atomic E-state index is 13.3. The van der Waals surface area contributed by atoms with Crippen molar-refractivity contribution in [2.45, 2.75) is 56.6 Å². The Bertz CT molecular complexity index is 1210. The zero-order chi connectivity index (χ0) is 23.3. The fraction of sp³-hybridized carbons (Fsp3) is 0.458. The van der Waals surface area contributed by atoms with Gasteiger partial charge >= 0.3 is 0 Å². The predicted octanol–water partition coefficient (Wildman–Crippen LogP) is 3.30. The third-order valence-electron chi connectivity index (χ3n) is 6.32. The summed E-state index contributed by atoms with van der Waals surface area (Å²) in [6.45, 7) is 5.16. The molecule has 3 aliphatic rings. The number of fused-ring (bicyclic) bond motifs is 2. The van der Waals surface area contributed by atoms with Crippen LogP contribution in [0.4, 0.5) is 10.2 Å². The lowest BCUT2D eigenvalue weighted by Gasteiger charge is -2.24. The second-order valence-corrected chi connectivity index (χ2v) is 9.22. The Morgan fingerprint density at radius 3 is 2.74 bits per heavy atom. The van der Waals surface area contributed by atoms with Crippen molar-refractivity contribution in [1.82, 2.24) is 19.5 Å². The first kappa shape index (κ1) is 21.6. The van der Waals surface area contributed by atoms with E-state index in [1.54, 1.807) is 18.5 Å². The summed E-state index contributed by atoms with van der Waals surface area (Å²) in [4.78, 5) is 13.5. The molecule has 0 spiro atoms. The van der Waals surface area contributed by atoms with Crippen LogP contribution in [0.3, 0.4) is 0 Å². The molecule has 10 heteroatoms. The molecular weight excluding hydrogens is 441 g/mol. The van der Waals surface area contributed by atoms with Gasteiger partial charge in [0.25, 0.3) is 0 Å². The van der Waals surface area contributed by atoms with Gasteiger partial charge < -0.3 is 24.3 Å². The van der Waals surface area contributed by atoms with Gasteiger partial charge in [-0.3, -0.25) is 4.57 Å². The van der Waals surface area contributed by atoms with Crippen molar-refractivity contribution in [2.75, 3.05) is 18.5 Å². The molecule has 3 aromatic rings. The molecule has 0 radical (unpaired) electrons. The van der Waals surface area contributed by atoms with E-state index in [1.165, 1.54) is 18.5 Å². The standard InChI is InChI=1S/C24H26FN5O4/c1-24(2)33-19-17(8-5-14-3-6-15(25)7-4-14)32-23(20(19)34-24)30-13-28-18-21(26-12-27-22(18)30)29-16-9-10-31-11-16/h3-8,12-13,16-17,19-20,23H,9-11H2,1-2H3,(H,26,27,29)/t16?,17-,19-,20+,23-/m1/s1. The van der Waals surface area contributed by atoms with Crippen LogP contribution in [0.5, 0.6) is 0 Å². The van der Waals surface area contributed by atoms with Crippen molar-refractivity contribution in [3.05, 3.63) is 54.4 Å². The average Bonchev–Trinajstić information content (AvgIpc) is 3.58. The minimum absolute atomic E-state index is 0.198. The summed E-state index contributed by atoms with van der Waals surface area (Å²) in [5.41, 5.74) is 2.19. The summed E-state index contributed by atoms with van der Waals surface area (Å²) in [7, 11) is 0. The molecule has 0 bridgehead atoms. The number of halogens is 1. The van der Waals surface area contributed by atoms with Gasteiger partial charge in [-0.2, -0.15) is 0 Å². The molecule has 3 aliphatic heterocycles. The Morgan fingerprint density at radius 2 is 1.94 bits per heavy atom. The van der Waals surface area contributed by atoms with Crippen LogP contribution in [0.1, 0.15) is 32.1 Å². The van der Waals surface area contributed by atoms with Crippen LogP contribution in [0.25, 0.3) is 17.2 Å². The fourth-order valence-electron chi connectivity index (χ4n) is 4.75. The number of aromatic nitrogens is 4. The van der Waals surface area contributed by atoms with Gasteiger partial charge in [-0.15, -0.1) is 0 Å². The first-order valence-electron chi connectivity index (χ1n) is 11.4. The van der Waals surface area contributed by atoms with Crippen LogP contribution in [-0.4, -0.2) is 62.9 Å². The van der Waals surface area contributed by atoms with E-state index in [9.17, 15) is 4.39 Å². The zero-order valence-corrected chi connectivity index (χ0v) is 18.9. The number of anilines is 1. The number of nitrogens with one attached hydrogen (secondary N) is 1. The Hall–Kier alpha value is -2.92. The van der Waals surface area contributed by atoms with Gasteiger partial charge in [0, 0.05) is 6.61 Å². The van der Waals surface area contributed by atoms with Crippen molar-refractivity contribution in [1.29, 1.82) is 0 Å². The molecule has 5 heterocycles. The molecule has 9 nitrogen and oxygen atoms in total. The fourth-order valence-corrected chi connectivity index (χ4v) is 4.75. The summed E-state index contributed by atoms with van der Waals surface area (Å²) >= 11 is 0. The number of ether oxygens (including phenoxy) is 4. The van der Waals surface area contributed by atoms with Gasteiger partial charge in [0.1, 0.15) is 30.5 Å². The highest BCUT2D eigenvalue weighted by molar-refractivity contribution is 5.82. The predicted molar refractivity (Wildman–Crippen MR) is 121 cm³/mol. The zero-order valence-electron chi connectivity index (χ0n) is 18.9. The van der Waals surface area contributed by atoms with Crippen molar-refractivity contribution < 1.29 is 23.3 Å². The van der Waals surface area contributed by atoms with Crippen LogP contribution >= 0.6 is 0 Å². The third-order valence-corrected chi connectivity index (χ3v) is 6.32. The van der Waals surface area contributed by atoms with Crippen LogP contribution in [0.15, 0.2) is 43.0 Å². The monoisotopic (exact) mass is 467 g/mol. The van der Waals surface area contributed by atoms with E-state index in [2.05, 4.69) is 20.3 Å². The smallest absolute Gasteiger partial charge is 0.167 e. The molecule has 0 aliphatic carbocycles. The molecule has 1 unspecified atom stereocenters. The Morgan fingerprint density at radius 1 is 1.12 bits per heavy atom. The van der Waals surface area contributed by atoms with E-state index in [-0.39, 0.29) is 30.2 Å².